The first kappa shape index (κ1) is 14.5. The standard InChI is InChI=1S/C12H18N4OS2/c1-7(2)11-13-9(18-15-11)5-17-6-10-14-12(8(3)4)16-19-10/h7-8H,5-6H2,1-4H3. The van der Waals surface area contributed by atoms with Gasteiger partial charge in [-0.05, 0) is 23.1 Å². The lowest BCUT2D eigenvalue weighted by molar-refractivity contribution is 0.106. The summed E-state index contributed by atoms with van der Waals surface area (Å²) in [6, 6.07) is 0. The van der Waals surface area contributed by atoms with Crippen LogP contribution in [0.3, 0.4) is 0 Å². The van der Waals surface area contributed by atoms with Gasteiger partial charge in [-0.1, -0.05) is 27.7 Å². The summed E-state index contributed by atoms with van der Waals surface area (Å²) in [6.45, 7) is 9.31. The van der Waals surface area contributed by atoms with Gasteiger partial charge >= 0.3 is 0 Å². The SMILES string of the molecule is CC(C)c1nsc(COCc2nc(C(C)C)ns2)n1. The smallest absolute Gasteiger partial charge is 0.145 e. The highest BCUT2D eigenvalue weighted by Crippen LogP contribution is 2.16. The fourth-order valence-electron chi connectivity index (χ4n) is 1.35. The maximum atomic E-state index is 5.61. The number of ether oxygens (including phenoxy) is 1. The predicted molar refractivity (Wildman–Crippen MR) is 76.5 cm³/mol. The summed E-state index contributed by atoms with van der Waals surface area (Å²) in [5.41, 5.74) is 0. The van der Waals surface area contributed by atoms with Crippen molar-refractivity contribution in [1.82, 2.24) is 18.7 Å². The van der Waals surface area contributed by atoms with Gasteiger partial charge in [0.2, 0.25) is 0 Å². The lowest BCUT2D eigenvalue weighted by Crippen LogP contribution is -1.96. The maximum absolute atomic E-state index is 5.61. The van der Waals surface area contributed by atoms with E-state index in [1.54, 1.807) is 0 Å². The van der Waals surface area contributed by atoms with Crippen molar-refractivity contribution in [3.8, 4) is 0 Å². The van der Waals surface area contributed by atoms with Crippen LogP contribution in [-0.2, 0) is 18.0 Å². The molecule has 0 amide bonds. The highest BCUT2D eigenvalue weighted by molar-refractivity contribution is 7.05. The van der Waals surface area contributed by atoms with Gasteiger partial charge in [0.25, 0.3) is 0 Å². The molecule has 2 aromatic rings. The van der Waals surface area contributed by atoms with Crippen molar-refractivity contribution in [2.24, 2.45) is 0 Å². The molecule has 0 aliphatic rings. The summed E-state index contributed by atoms with van der Waals surface area (Å²) in [7, 11) is 0. The summed E-state index contributed by atoms with van der Waals surface area (Å²) >= 11 is 2.81. The summed E-state index contributed by atoms with van der Waals surface area (Å²) in [5.74, 6) is 2.51. The summed E-state index contributed by atoms with van der Waals surface area (Å²) in [5, 5.41) is 1.83. The third-order valence-electron chi connectivity index (χ3n) is 2.45. The van der Waals surface area contributed by atoms with Gasteiger partial charge in [0.15, 0.2) is 0 Å². The molecule has 104 valence electrons. The Hall–Kier alpha value is -0.920. The first-order valence-electron chi connectivity index (χ1n) is 6.29. The lowest BCUT2D eigenvalue weighted by atomic mass is 10.2. The van der Waals surface area contributed by atoms with Gasteiger partial charge in [-0.15, -0.1) is 0 Å². The molecule has 5 nitrogen and oxygen atoms in total. The van der Waals surface area contributed by atoms with Crippen LogP contribution in [0.5, 0.6) is 0 Å². The first-order chi connectivity index (χ1) is 9.06. The molecule has 0 fully saturated rings. The van der Waals surface area contributed by atoms with E-state index in [4.69, 9.17) is 4.74 Å². The van der Waals surface area contributed by atoms with Crippen LogP contribution in [0.25, 0.3) is 0 Å². The summed E-state index contributed by atoms with van der Waals surface area (Å²) in [4.78, 5) is 8.85. The number of hydrogen-bond acceptors (Lipinski definition) is 7. The zero-order valence-corrected chi connectivity index (χ0v) is 13.2. The number of hydrogen-bond donors (Lipinski definition) is 0. The molecule has 7 heteroatoms. The van der Waals surface area contributed by atoms with Crippen LogP contribution in [0.4, 0.5) is 0 Å². The van der Waals surface area contributed by atoms with Gasteiger partial charge in [0.05, 0.1) is 0 Å². The van der Waals surface area contributed by atoms with E-state index in [1.807, 2.05) is 0 Å². The number of rotatable bonds is 6. The number of aromatic nitrogens is 4. The van der Waals surface area contributed by atoms with Crippen LogP contribution in [0.1, 0.15) is 61.2 Å². The molecule has 0 saturated carbocycles. The molecule has 0 aliphatic carbocycles. The minimum absolute atomic E-state index is 0.363. The molecule has 0 aromatic carbocycles. The molecule has 19 heavy (non-hydrogen) atoms. The molecule has 0 N–H and O–H groups in total. The minimum Gasteiger partial charge on any atom is -0.367 e. The van der Waals surface area contributed by atoms with E-state index in [9.17, 15) is 0 Å². The molecule has 0 atom stereocenters. The molecule has 2 aromatic heterocycles. The van der Waals surface area contributed by atoms with Crippen LogP contribution < -0.4 is 0 Å². The molecule has 0 aliphatic heterocycles. The zero-order chi connectivity index (χ0) is 13.8. The second kappa shape index (κ2) is 6.49. The molecule has 0 radical (unpaired) electrons. The first-order valence-corrected chi connectivity index (χ1v) is 7.83. The Balaban J connectivity index is 1.82. The molecular weight excluding hydrogens is 280 g/mol. The van der Waals surface area contributed by atoms with E-state index in [0.29, 0.717) is 25.0 Å². The zero-order valence-electron chi connectivity index (χ0n) is 11.6. The average molecular weight is 298 g/mol. The van der Waals surface area contributed by atoms with Gasteiger partial charge in [0.1, 0.15) is 34.9 Å². The highest BCUT2D eigenvalue weighted by atomic mass is 32.1. The number of nitrogens with zero attached hydrogens (tertiary/aromatic N) is 4. The fraction of sp³-hybridized carbons (Fsp3) is 0.667. The largest absolute Gasteiger partial charge is 0.367 e. The topological polar surface area (TPSA) is 60.8 Å². The predicted octanol–water partition coefficient (Wildman–Crippen LogP) is 3.35. The normalized spacial score (nSPS) is 11.7. The van der Waals surface area contributed by atoms with Crippen LogP contribution in [0.15, 0.2) is 0 Å². The lowest BCUT2D eigenvalue weighted by Gasteiger charge is -1.98. The van der Waals surface area contributed by atoms with Crippen LogP contribution in [0.2, 0.25) is 0 Å². The Bertz CT molecular complexity index is 475. The molecule has 0 spiro atoms. The molecular formula is C12H18N4OS2. The van der Waals surface area contributed by atoms with Gasteiger partial charge < -0.3 is 4.74 Å². The minimum atomic E-state index is 0.363. The Morgan fingerprint density at radius 2 is 1.26 bits per heavy atom. The quantitative estimate of drug-likeness (QED) is 0.818. The monoisotopic (exact) mass is 298 g/mol. The van der Waals surface area contributed by atoms with Crippen molar-refractivity contribution in [3.05, 3.63) is 21.7 Å². The second-order valence-electron chi connectivity index (χ2n) is 4.89. The van der Waals surface area contributed by atoms with E-state index in [1.165, 1.54) is 23.1 Å². The molecule has 2 rings (SSSR count). The molecule has 0 bridgehead atoms. The van der Waals surface area contributed by atoms with E-state index in [0.717, 1.165) is 21.7 Å². The van der Waals surface area contributed by atoms with Crippen molar-refractivity contribution in [2.45, 2.75) is 52.7 Å². The van der Waals surface area contributed by atoms with Crippen LogP contribution >= 0.6 is 23.1 Å². The fourth-order valence-corrected chi connectivity index (χ4v) is 2.79. The second-order valence-corrected chi connectivity index (χ2v) is 6.57. The van der Waals surface area contributed by atoms with Crippen molar-refractivity contribution < 1.29 is 4.74 Å². The van der Waals surface area contributed by atoms with Crippen LogP contribution in [0, 0.1) is 0 Å². The van der Waals surface area contributed by atoms with Crippen molar-refractivity contribution in [1.29, 1.82) is 0 Å². The van der Waals surface area contributed by atoms with E-state index >= 15 is 0 Å². The van der Waals surface area contributed by atoms with Crippen molar-refractivity contribution in [3.63, 3.8) is 0 Å². The van der Waals surface area contributed by atoms with Crippen molar-refractivity contribution >= 4 is 23.1 Å². The Morgan fingerprint density at radius 1 is 0.842 bits per heavy atom. The van der Waals surface area contributed by atoms with E-state index < -0.39 is 0 Å². The molecule has 0 saturated heterocycles. The van der Waals surface area contributed by atoms with Gasteiger partial charge in [-0.25, -0.2) is 9.97 Å². The van der Waals surface area contributed by atoms with Gasteiger partial charge in [0, 0.05) is 11.8 Å². The molecule has 2 heterocycles. The highest BCUT2D eigenvalue weighted by Gasteiger charge is 2.10. The van der Waals surface area contributed by atoms with Gasteiger partial charge in [-0.3, -0.25) is 0 Å². The third kappa shape index (κ3) is 4.02. The Morgan fingerprint density at radius 3 is 1.58 bits per heavy atom. The van der Waals surface area contributed by atoms with E-state index in [2.05, 4.69) is 46.4 Å². The summed E-state index contributed by atoms with van der Waals surface area (Å²) < 4.78 is 14.2. The van der Waals surface area contributed by atoms with Crippen molar-refractivity contribution in [2.75, 3.05) is 0 Å². The Kier molecular flexibility index (Phi) is 4.95. The average Bonchev–Trinajstić information content (AvgIpc) is 2.97. The Labute approximate surface area is 121 Å². The maximum Gasteiger partial charge on any atom is 0.145 e. The summed E-state index contributed by atoms with van der Waals surface area (Å²) in [6.07, 6.45) is 0. The van der Waals surface area contributed by atoms with E-state index in [-0.39, 0.29) is 0 Å². The van der Waals surface area contributed by atoms with Crippen LogP contribution in [-0.4, -0.2) is 18.7 Å². The van der Waals surface area contributed by atoms with Gasteiger partial charge in [-0.2, -0.15) is 8.75 Å². The third-order valence-corrected chi connectivity index (χ3v) is 3.85. The molecule has 0 unspecified atom stereocenters.